The monoisotopic (exact) mass is 264 g/mol. The van der Waals surface area contributed by atoms with E-state index in [1.54, 1.807) is 12.1 Å². The van der Waals surface area contributed by atoms with Gasteiger partial charge in [-0.1, -0.05) is 30.0 Å². The van der Waals surface area contributed by atoms with Crippen LogP contribution in [0.2, 0.25) is 0 Å². The zero-order chi connectivity index (χ0) is 14.2. The van der Waals surface area contributed by atoms with E-state index in [0.29, 0.717) is 18.7 Å². The topological polar surface area (TPSA) is 55.1 Å². The lowest BCUT2D eigenvalue weighted by Crippen LogP contribution is -2.28. The van der Waals surface area contributed by atoms with Crippen molar-refractivity contribution < 1.29 is 4.79 Å². The van der Waals surface area contributed by atoms with Crippen LogP contribution in [0.25, 0.3) is 0 Å². The predicted molar refractivity (Wildman–Crippen MR) is 80.3 cm³/mol. The molecule has 0 saturated heterocycles. The lowest BCUT2D eigenvalue weighted by molar-refractivity contribution is 0.0955. The summed E-state index contributed by atoms with van der Waals surface area (Å²) in [6.07, 6.45) is 0. The third kappa shape index (κ3) is 3.98. The summed E-state index contributed by atoms with van der Waals surface area (Å²) in [6.45, 7) is 0.917. The Hall–Kier alpha value is -2.57. The van der Waals surface area contributed by atoms with E-state index in [9.17, 15) is 4.79 Å². The molecular weight excluding hydrogens is 248 g/mol. The van der Waals surface area contributed by atoms with Crippen molar-refractivity contribution in [1.29, 1.82) is 0 Å². The van der Waals surface area contributed by atoms with Gasteiger partial charge in [0.05, 0.1) is 0 Å². The molecule has 3 nitrogen and oxygen atoms in total. The lowest BCUT2D eigenvalue weighted by Gasteiger charge is -2.02. The largest absolute Gasteiger partial charge is 0.351 e. The van der Waals surface area contributed by atoms with Crippen LogP contribution in [0.15, 0.2) is 54.6 Å². The lowest BCUT2D eigenvalue weighted by atomic mass is 10.1. The molecule has 2 aromatic rings. The second kappa shape index (κ2) is 7.13. The van der Waals surface area contributed by atoms with Gasteiger partial charge in [0, 0.05) is 29.8 Å². The van der Waals surface area contributed by atoms with Crippen molar-refractivity contribution in [2.45, 2.75) is 0 Å². The third-order valence-corrected chi connectivity index (χ3v) is 2.70. The Morgan fingerprint density at radius 2 is 1.55 bits per heavy atom. The molecule has 0 radical (unpaired) electrons. The fourth-order valence-electron chi connectivity index (χ4n) is 1.66. The van der Waals surface area contributed by atoms with Crippen LogP contribution in [0, 0.1) is 11.8 Å². The van der Waals surface area contributed by atoms with Gasteiger partial charge in [-0.15, -0.1) is 0 Å². The summed E-state index contributed by atoms with van der Waals surface area (Å²) < 4.78 is 0. The van der Waals surface area contributed by atoms with Gasteiger partial charge in [-0.3, -0.25) is 4.79 Å². The molecule has 0 aliphatic rings. The average Bonchev–Trinajstić information content (AvgIpc) is 2.52. The van der Waals surface area contributed by atoms with Crippen molar-refractivity contribution in [2.75, 3.05) is 13.1 Å². The van der Waals surface area contributed by atoms with Crippen molar-refractivity contribution in [3.8, 4) is 11.8 Å². The molecular formula is C17H16N2O. The number of rotatable bonds is 3. The fourth-order valence-corrected chi connectivity index (χ4v) is 1.66. The van der Waals surface area contributed by atoms with E-state index in [1.807, 2.05) is 42.5 Å². The van der Waals surface area contributed by atoms with E-state index >= 15 is 0 Å². The van der Waals surface area contributed by atoms with E-state index < -0.39 is 0 Å². The number of nitrogens with two attached hydrogens (primary N) is 1. The fraction of sp³-hybridized carbons (Fsp3) is 0.118. The van der Waals surface area contributed by atoms with Crippen LogP contribution in [0.3, 0.4) is 0 Å². The quantitative estimate of drug-likeness (QED) is 0.830. The summed E-state index contributed by atoms with van der Waals surface area (Å²) in [4.78, 5) is 11.7. The number of nitrogens with one attached hydrogen (secondary N) is 1. The van der Waals surface area contributed by atoms with Crippen LogP contribution >= 0.6 is 0 Å². The van der Waals surface area contributed by atoms with E-state index in [4.69, 9.17) is 5.73 Å². The maximum Gasteiger partial charge on any atom is 0.251 e. The molecule has 2 aromatic carbocycles. The van der Waals surface area contributed by atoms with E-state index in [0.717, 1.165) is 11.1 Å². The van der Waals surface area contributed by atoms with Gasteiger partial charge in [0.2, 0.25) is 0 Å². The Morgan fingerprint density at radius 1 is 0.950 bits per heavy atom. The van der Waals surface area contributed by atoms with Gasteiger partial charge in [-0.25, -0.2) is 0 Å². The highest BCUT2D eigenvalue weighted by Gasteiger charge is 2.02. The zero-order valence-electron chi connectivity index (χ0n) is 11.1. The van der Waals surface area contributed by atoms with Gasteiger partial charge in [0.15, 0.2) is 0 Å². The third-order valence-electron chi connectivity index (χ3n) is 2.70. The minimum Gasteiger partial charge on any atom is -0.351 e. The van der Waals surface area contributed by atoms with Crippen LogP contribution in [-0.4, -0.2) is 19.0 Å². The maximum absolute atomic E-state index is 11.7. The van der Waals surface area contributed by atoms with Crippen molar-refractivity contribution in [1.82, 2.24) is 5.32 Å². The number of carbonyl (C=O) groups is 1. The Labute approximate surface area is 118 Å². The van der Waals surface area contributed by atoms with Crippen LogP contribution < -0.4 is 11.1 Å². The Morgan fingerprint density at radius 3 is 2.15 bits per heavy atom. The summed E-state index contributed by atoms with van der Waals surface area (Å²) in [5.74, 6) is 6.03. The highest BCUT2D eigenvalue weighted by molar-refractivity contribution is 5.94. The predicted octanol–water partition coefficient (Wildman–Crippen LogP) is 1.77. The molecule has 0 saturated carbocycles. The number of hydrogen-bond donors (Lipinski definition) is 2. The first-order chi connectivity index (χ1) is 9.79. The standard InChI is InChI=1S/C17H16N2O/c18-12-13-19-17(20)16-10-8-15(9-11-16)7-6-14-4-2-1-3-5-14/h1-5,8-11H,12-13,18H2,(H,19,20). The zero-order valence-corrected chi connectivity index (χ0v) is 11.1. The molecule has 0 aromatic heterocycles. The number of amides is 1. The van der Waals surface area contributed by atoms with Gasteiger partial charge in [-0.2, -0.15) is 0 Å². The van der Waals surface area contributed by atoms with E-state index in [2.05, 4.69) is 17.2 Å². The molecule has 0 bridgehead atoms. The molecule has 0 aliphatic carbocycles. The molecule has 0 unspecified atom stereocenters. The SMILES string of the molecule is NCCNC(=O)c1ccc(C#Cc2ccccc2)cc1. The molecule has 20 heavy (non-hydrogen) atoms. The highest BCUT2D eigenvalue weighted by Crippen LogP contribution is 2.04. The average molecular weight is 264 g/mol. The maximum atomic E-state index is 11.7. The summed E-state index contributed by atoms with van der Waals surface area (Å²) in [5.41, 5.74) is 7.80. The second-order valence-corrected chi connectivity index (χ2v) is 4.24. The first kappa shape index (κ1) is 13.9. The molecule has 1 amide bonds. The Kier molecular flexibility index (Phi) is 4.94. The summed E-state index contributed by atoms with van der Waals surface area (Å²) in [6, 6.07) is 17.0. The summed E-state index contributed by atoms with van der Waals surface area (Å²) >= 11 is 0. The van der Waals surface area contributed by atoms with Crippen molar-refractivity contribution in [2.24, 2.45) is 5.73 Å². The molecule has 3 N–H and O–H groups in total. The molecule has 0 atom stereocenters. The van der Waals surface area contributed by atoms with E-state index in [1.165, 1.54) is 0 Å². The van der Waals surface area contributed by atoms with Crippen LogP contribution in [-0.2, 0) is 0 Å². The first-order valence-electron chi connectivity index (χ1n) is 6.45. The molecule has 0 spiro atoms. The second-order valence-electron chi connectivity index (χ2n) is 4.24. The summed E-state index contributed by atoms with van der Waals surface area (Å²) in [5, 5.41) is 2.73. The highest BCUT2D eigenvalue weighted by atomic mass is 16.1. The van der Waals surface area contributed by atoms with Gasteiger partial charge in [-0.05, 0) is 36.4 Å². The Balaban J connectivity index is 2.06. The van der Waals surface area contributed by atoms with Crippen LogP contribution in [0.1, 0.15) is 21.5 Å². The Bertz CT molecular complexity index is 622. The molecule has 0 fully saturated rings. The smallest absolute Gasteiger partial charge is 0.251 e. The van der Waals surface area contributed by atoms with Crippen LogP contribution in [0.5, 0.6) is 0 Å². The summed E-state index contributed by atoms with van der Waals surface area (Å²) in [7, 11) is 0. The number of benzene rings is 2. The van der Waals surface area contributed by atoms with Crippen molar-refractivity contribution in [3.05, 3.63) is 71.3 Å². The molecule has 0 heterocycles. The van der Waals surface area contributed by atoms with Gasteiger partial charge in [0.25, 0.3) is 5.91 Å². The number of hydrogen-bond acceptors (Lipinski definition) is 2. The van der Waals surface area contributed by atoms with Crippen LogP contribution in [0.4, 0.5) is 0 Å². The molecule has 3 heteroatoms. The number of carbonyl (C=O) groups excluding carboxylic acids is 1. The molecule has 0 aliphatic heterocycles. The van der Waals surface area contributed by atoms with E-state index in [-0.39, 0.29) is 5.91 Å². The molecule has 2 rings (SSSR count). The van der Waals surface area contributed by atoms with Crippen molar-refractivity contribution >= 4 is 5.91 Å². The van der Waals surface area contributed by atoms with Crippen molar-refractivity contribution in [3.63, 3.8) is 0 Å². The van der Waals surface area contributed by atoms with Gasteiger partial charge >= 0.3 is 0 Å². The van der Waals surface area contributed by atoms with Gasteiger partial charge in [0.1, 0.15) is 0 Å². The molecule has 100 valence electrons. The normalized spacial score (nSPS) is 9.45. The first-order valence-corrected chi connectivity index (χ1v) is 6.45. The minimum atomic E-state index is -0.113. The van der Waals surface area contributed by atoms with Gasteiger partial charge < -0.3 is 11.1 Å². The minimum absolute atomic E-state index is 0.113.